The summed E-state index contributed by atoms with van der Waals surface area (Å²) in [5.41, 5.74) is 0.703. The largest absolute Gasteiger partial charge is 0.478 e. The van der Waals surface area contributed by atoms with Crippen molar-refractivity contribution < 1.29 is 27.9 Å². The summed E-state index contributed by atoms with van der Waals surface area (Å²) in [5, 5.41) is 12.0. The first-order valence-electron chi connectivity index (χ1n) is 5.71. The van der Waals surface area contributed by atoms with Gasteiger partial charge in [-0.05, 0) is 23.1 Å². The number of thiophene rings is 1. The van der Waals surface area contributed by atoms with Crippen LogP contribution in [0.3, 0.4) is 0 Å². The number of amides is 2. The van der Waals surface area contributed by atoms with Gasteiger partial charge in [0.1, 0.15) is 6.54 Å². The van der Waals surface area contributed by atoms with Gasteiger partial charge in [0.05, 0.1) is 0 Å². The van der Waals surface area contributed by atoms with Gasteiger partial charge in [0.2, 0.25) is 0 Å². The summed E-state index contributed by atoms with van der Waals surface area (Å²) < 4.78 is 35.9. The summed E-state index contributed by atoms with van der Waals surface area (Å²) in [6, 6.07) is 0.832. The van der Waals surface area contributed by atoms with Crippen molar-refractivity contribution in [3.8, 4) is 0 Å². The molecule has 0 aromatic carbocycles. The Bertz CT molecular complexity index is 540. The molecule has 1 heterocycles. The van der Waals surface area contributed by atoms with Gasteiger partial charge in [-0.3, -0.25) is 0 Å². The maximum Gasteiger partial charge on any atom is 0.405 e. The van der Waals surface area contributed by atoms with Crippen molar-refractivity contribution in [2.24, 2.45) is 0 Å². The maximum atomic E-state index is 12.0. The molecule has 0 radical (unpaired) electrons. The molecule has 1 rings (SSSR count). The van der Waals surface area contributed by atoms with Crippen LogP contribution < -0.4 is 5.32 Å². The zero-order valence-electron chi connectivity index (χ0n) is 11.0. The highest BCUT2D eigenvalue weighted by molar-refractivity contribution is 7.11. The van der Waals surface area contributed by atoms with Gasteiger partial charge >= 0.3 is 18.2 Å². The Morgan fingerprint density at radius 1 is 1.48 bits per heavy atom. The van der Waals surface area contributed by atoms with Crippen molar-refractivity contribution in [1.29, 1.82) is 0 Å². The molecule has 0 unspecified atom stereocenters. The SMILES string of the molecule is CN(Cc1csc(/C=C/C(=O)O)c1)C(=O)NCC(F)(F)F. The first-order valence-corrected chi connectivity index (χ1v) is 6.59. The number of alkyl halides is 3. The highest BCUT2D eigenvalue weighted by Crippen LogP contribution is 2.18. The van der Waals surface area contributed by atoms with Crippen molar-refractivity contribution in [1.82, 2.24) is 10.2 Å². The number of carbonyl (C=O) groups is 2. The maximum absolute atomic E-state index is 12.0. The third-order valence-electron chi connectivity index (χ3n) is 2.27. The summed E-state index contributed by atoms with van der Waals surface area (Å²) in [6.07, 6.45) is -2.07. The summed E-state index contributed by atoms with van der Waals surface area (Å²) in [6.45, 7) is -1.26. The van der Waals surface area contributed by atoms with E-state index in [-0.39, 0.29) is 6.54 Å². The van der Waals surface area contributed by atoms with Crippen molar-refractivity contribution in [2.45, 2.75) is 12.7 Å². The Kier molecular flexibility index (Phi) is 5.77. The second-order valence-corrected chi connectivity index (χ2v) is 5.10. The Morgan fingerprint density at radius 3 is 2.71 bits per heavy atom. The average molecular weight is 322 g/mol. The molecule has 2 N–H and O–H groups in total. The van der Waals surface area contributed by atoms with Crippen molar-refractivity contribution in [3.63, 3.8) is 0 Å². The van der Waals surface area contributed by atoms with Gasteiger partial charge < -0.3 is 15.3 Å². The number of urea groups is 1. The number of hydrogen-bond donors (Lipinski definition) is 2. The van der Waals surface area contributed by atoms with Crippen LogP contribution in [0.2, 0.25) is 0 Å². The molecule has 0 spiro atoms. The van der Waals surface area contributed by atoms with Crippen LogP contribution in [0, 0.1) is 0 Å². The Labute approximate surface area is 122 Å². The number of aliphatic carboxylic acids is 1. The van der Waals surface area contributed by atoms with E-state index in [0.29, 0.717) is 10.4 Å². The van der Waals surface area contributed by atoms with Gasteiger partial charge in [-0.2, -0.15) is 13.2 Å². The molecule has 0 aliphatic carbocycles. The molecule has 0 aliphatic rings. The molecule has 9 heteroatoms. The molecule has 0 saturated carbocycles. The molecule has 0 fully saturated rings. The van der Waals surface area contributed by atoms with E-state index in [1.807, 2.05) is 0 Å². The van der Waals surface area contributed by atoms with Crippen LogP contribution in [0.15, 0.2) is 17.5 Å². The van der Waals surface area contributed by atoms with Crippen LogP contribution in [0.1, 0.15) is 10.4 Å². The fourth-order valence-corrected chi connectivity index (χ4v) is 2.17. The van der Waals surface area contributed by atoms with Crippen molar-refractivity contribution in [3.05, 3.63) is 28.0 Å². The summed E-state index contributed by atoms with van der Waals surface area (Å²) in [4.78, 5) is 23.6. The van der Waals surface area contributed by atoms with E-state index < -0.39 is 24.7 Å². The monoisotopic (exact) mass is 322 g/mol. The van der Waals surface area contributed by atoms with Crippen molar-refractivity contribution >= 4 is 29.4 Å². The van der Waals surface area contributed by atoms with Crippen LogP contribution in [0.25, 0.3) is 6.08 Å². The van der Waals surface area contributed by atoms with E-state index in [0.717, 1.165) is 11.0 Å². The number of carboxylic acid groups (broad SMARTS) is 1. The van der Waals surface area contributed by atoms with Gasteiger partial charge in [-0.25, -0.2) is 9.59 Å². The van der Waals surface area contributed by atoms with Gasteiger partial charge in [0.25, 0.3) is 0 Å². The Balaban J connectivity index is 2.53. The molecule has 2 amide bonds. The molecule has 1 aromatic rings. The third kappa shape index (κ3) is 6.80. The van der Waals surface area contributed by atoms with Gasteiger partial charge in [-0.1, -0.05) is 0 Å². The van der Waals surface area contributed by atoms with Crippen molar-refractivity contribution in [2.75, 3.05) is 13.6 Å². The first kappa shape index (κ1) is 17.0. The van der Waals surface area contributed by atoms with E-state index in [9.17, 15) is 22.8 Å². The average Bonchev–Trinajstić information content (AvgIpc) is 2.80. The van der Waals surface area contributed by atoms with E-state index >= 15 is 0 Å². The number of nitrogens with zero attached hydrogens (tertiary/aromatic N) is 1. The van der Waals surface area contributed by atoms with Gasteiger partial charge in [0, 0.05) is 24.5 Å². The second kappa shape index (κ2) is 7.11. The fourth-order valence-electron chi connectivity index (χ4n) is 1.37. The van der Waals surface area contributed by atoms with Crippen LogP contribution in [0.5, 0.6) is 0 Å². The molecule has 0 aliphatic heterocycles. The molecule has 21 heavy (non-hydrogen) atoms. The molecular formula is C12H13F3N2O3S. The molecular weight excluding hydrogens is 309 g/mol. The zero-order chi connectivity index (χ0) is 16.0. The van der Waals surface area contributed by atoms with E-state index in [2.05, 4.69) is 0 Å². The van der Waals surface area contributed by atoms with Crippen LogP contribution >= 0.6 is 11.3 Å². The number of carbonyl (C=O) groups excluding carboxylic acids is 1. The Hall–Kier alpha value is -2.03. The first-order chi connectivity index (χ1) is 9.67. The summed E-state index contributed by atoms with van der Waals surface area (Å²) in [7, 11) is 1.37. The lowest BCUT2D eigenvalue weighted by atomic mass is 10.3. The fraction of sp³-hybridized carbons (Fsp3) is 0.333. The third-order valence-corrected chi connectivity index (χ3v) is 3.22. The second-order valence-electron chi connectivity index (χ2n) is 4.16. The number of carboxylic acids is 1. The standard InChI is InChI=1S/C12H13F3N2O3S/c1-17(11(20)16-7-12(13,14)15)5-8-4-9(21-6-8)2-3-10(18)19/h2-4,6H,5,7H2,1H3,(H,16,20)(H,18,19)/b3-2+. The lowest BCUT2D eigenvalue weighted by molar-refractivity contribution is -0.131. The van der Waals surface area contributed by atoms with Crippen LogP contribution in [-0.2, 0) is 11.3 Å². The molecule has 0 saturated heterocycles. The zero-order valence-corrected chi connectivity index (χ0v) is 11.8. The Morgan fingerprint density at radius 2 is 2.14 bits per heavy atom. The number of halogens is 3. The topological polar surface area (TPSA) is 69.6 Å². The predicted molar refractivity (Wildman–Crippen MR) is 71.9 cm³/mol. The molecule has 116 valence electrons. The van der Waals surface area contributed by atoms with E-state index in [1.165, 1.54) is 24.5 Å². The predicted octanol–water partition coefficient (Wildman–Crippen LogP) is 2.55. The van der Waals surface area contributed by atoms with Gasteiger partial charge in [0.15, 0.2) is 0 Å². The minimum Gasteiger partial charge on any atom is -0.478 e. The highest BCUT2D eigenvalue weighted by Gasteiger charge is 2.28. The smallest absolute Gasteiger partial charge is 0.405 e. The minimum absolute atomic E-state index is 0.126. The lowest BCUT2D eigenvalue weighted by Crippen LogP contribution is -2.41. The highest BCUT2D eigenvalue weighted by atomic mass is 32.1. The minimum atomic E-state index is -4.45. The van der Waals surface area contributed by atoms with Crippen LogP contribution in [0.4, 0.5) is 18.0 Å². The number of rotatable bonds is 5. The number of nitrogens with one attached hydrogen (secondary N) is 1. The molecule has 0 atom stereocenters. The van der Waals surface area contributed by atoms with E-state index in [4.69, 9.17) is 5.11 Å². The van der Waals surface area contributed by atoms with Gasteiger partial charge in [-0.15, -0.1) is 11.3 Å². The summed E-state index contributed by atoms with van der Waals surface area (Å²) in [5.74, 6) is -1.08. The van der Waals surface area contributed by atoms with Crippen LogP contribution in [-0.4, -0.2) is 41.8 Å². The lowest BCUT2D eigenvalue weighted by Gasteiger charge is -2.18. The van der Waals surface area contributed by atoms with E-state index in [1.54, 1.807) is 16.8 Å². The normalized spacial score (nSPS) is 11.6. The summed E-state index contributed by atoms with van der Waals surface area (Å²) >= 11 is 1.27. The molecule has 5 nitrogen and oxygen atoms in total. The number of hydrogen-bond acceptors (Lipinski definition) is 3. The molecule has 0 bridgehead atoms. The molecule has 1 aromatic heterocycles. The quantitative estimate of drug-likeness (QED) is 0.819.